The minimum absolute atomic E-state index is 0.638. The van der Waals surface area contributed by atoms with Crippen molar-refractivity contribution >= 4 is 15.9 Å². The minimum Gasteiger partial charge on any atom is -0.493 e. The lowest BCUT2D eigenvalue weighted by atomic mass is 10.3. The molecule has 0 spiro atoms. The van der Waals surface area contributed by atoms with Gasteiger partial charge in [-0.05, 0) is 35.0 Å². The van der Waals surface area contributed by atoms with Gasteiger partial charge in [0.05, 0.1) is 18.2 Å². The maximum atomic E-state index is 5.39. The molecule has 0 amide bonds. The van der Waals surface area contributed by atoms with Crippen molar-refractivity contribution in [2.45, 2.75) is 6.92 Å². The summed E-state index contributed by atoms with van der Waals surface area (Å²) in [5, 5.41) is 0. The van der Waals surface area contributed by atoms with E-state index in [0.29, 0.717) is 6.61 Å². The molecule has 0 aliphatic heterocycles. The van der Waals surface area contributed by atoms with E-state index >= 15 is 0 Å². The molecule has 66 valence electrons. The molecule has 2 nitrogen and oxygen atoms in total. The van der Waals surface area contributed by atoms with Crippen LogP contribution in [0.15, 0.2) is 22.7 Å². The second-order valence-corrected chi connectivity index (χ2v) is 3.06. The lowest BCUT2D eigenvalue weighted by Crippen LogP contribution is -1.95. The number of benzene rings is 1. The first-order valence-corrected chi connectivity index (χ1v) is 4.54. The number of para-hydroxylation sites is 1. The fraction of sp³-hybridized carbons (Fsp3) is 0.333. The number of methoxy groups -OCH3 is 1. The van der Waals surface area contributed by atoms with E-state index in [-0.39, 0.29) is 0 Å². The Balaban J connectivity index is 3.02. The summed E-state index contributed by atoms with van der Waals surface area (Å²) in [4.78, 5) is 0. The van der Waals surface area contributed by atoms with Gasteiger partial charge in [-0.3, -0.25) is 0 Å². The minimum atomic E-state index is 0.638. The summed E-state index contributed by atoms with van der Waals surface area (Å²) < 4.78 is 11.4. The van der Waals surface area contributed by atoms with Crippen molar-refractivity contribution in [3.8, 4) is 11.5 Å². The fourth-order valence-electron chi connectivity index (χ4n) is 0.934. The highest BCUT2D eigenvalue weighted by molar-refractivity contribution is 9.10. The molecule has 0 aliphatic rings. The van der Waals surface area contributed by atoms with Gasteiger partial charge in [-0.25, -0.2) is 0 Å². The Kier molecular flexibility index (Phi) is 3.41. The Bertz CT molecular complexity index is 261. The first-order chi connectivity index (χ1) is 5.79. The molecule has 0 radical (unpaired) electrons. The Morgan fingerprint density at radius 1 is 1.42 bits per heavy atom. The zero-order chi connectivity index (χ0) is 8.97. The first kappa shape index (κ1) is 9.39. The third-order valence-corrected chi connectivity index (χ3v) is 2.06. The van der Waals surface area contributed by atoms with E-state index < -0.39 is 0 Å². The van der Waals surface area contributed by atoms with Crippen LogP contribution in [-0.4, -0.2) is 13.7 Å². The first-order valence-electron chi connectivity index (χ1n) is 3.75. The molecule has 0 N–H and O–H groups in total. The average molecular weight is 231 g/mol. The van der Waals surface area contributed by atoms with E-state index in [9.17, 15) is 0 Å². The third-order valence-electron chi connectivity index (χ3n) is 1.44. The number of hydrogen-bond acceptors (Lipinski definition) is 2. The topological polar surface area (TPSA) is 18.5 Å². The lowest BCUT2D eigenvalue weighted by molar-refractivity contribution is 0.309. The molecule has 3 heteroatoms. The standard InChI is InChI=1S/C9H11BrO2/c1-3-12-9-7(10)5-4-6-8(9)11-2/h4-6H,3H2,1-2H3. The normalized spacial score (nSPS) is 9.58. The number of hydrogen-bond donors (Lipinski definition) is 0. The summed E-state index contributed by atoms with van der Waals surface area (Å²) >= 11 is 3.38. The molecule has 0 saturated heterocycles. The van der Waals surface area contributed by atoms with Crippen molar-refractivity contribution in [3.05, 3.63) is 22.7 Å². The van der Waals surface area contributed by atoms with Crippen LogP contribution in [0.5, 0.6) is 11.5 Å². The predicted octanol–water partition coefficient (Wildman–Crippen LogP) is 2.86. The molecule has 0 unspecified atom stereocenters. The Hall–Kier alpha value is -0.700. The van der Waals surface area contributed by atoms with Crippen LogP contribution in [0.4, 0.5) is 0 Å². The molecular weight excluding hydrogens is 220 g/mol. The van der Waals surface area contributed by atoms with Gasteiger partial charge in [0.15, 0.2) is 11.5 Å². The summed E-state index contributed by atoms with van der Waals surface area (Å²) in [6.45, 7) is 2.58. The van der Waals surface area contributed by atoms with Gasteiger partial charge in [0, 0.05) is 0 Å². The maximum absolute atomic E-state index is 5.39. The summed E-state index contributed by atoms with van der Waals surface area (Å²) in [5.41, 5.74) is 0. The molecule has 12 heavy (non-hydrogen) atoms. The second-order valence-electron chi connectivity index (χ2n) is 2.20. The van der Waals surface area contributed by atoms with Crippen LogP contribution in [-0.2, 0) is 0 Å². The molecule has 0 bridgehead atoms. The zero-order valence-corrected chi connectivity index (χ0v) is 8.72. The van der Waals surface area contributed by atoms with Crippen LogP contribution < -0.4 is 9.47 Å². The smallest absolute Gasteiger partial charge is 0.175 e. The van der Waals surface area contributed by atoms with Gasteiger partial charge < -0.3 is 9.47 Å². The largest absolute Gasteiger partial charge is 0.493 e. The predicted molar refractivity (Wildman–Crippen MR) is 51.9 cm³/mol. The second kappa shape index (κ2) is 4.36. The highest BCUT2D eigenvalue weighted by Crippen LogP contribution is 2.34. The summed E-state index contributed by atoms with van der Waals surface area (Å²) in [7, 11) is 1.63. The summed E-state index contributed by atoms with van der Waals surface area (Å²) in [6, 6.07) is 5.70. The van der Waals surface area contributed by atoms with Crippen molar-refractivity contribution in [2.75, 3.05) is 13.7 Å². The maximum Gasteiger partial charge on any atom is 0.175 e. The molecular formula is C9H11BrO2. The SMILES string of the molecule is CCOc1c(Br)cccc1OC. The number of rotatable bonds is 3. The van der Waals surface area contributed by atoms with Gasteiger partial charge in [0.1, 0.15) is 0 Å². The Morgan fingerprint density at radius 3 is 2.75 bits per heavy atom. The van der Waals surface area contributed by atoms with E-state index in [1.54, 1.807) is 7.11 Å². The van der Waals surface area contributed by atoms with Gasteiger partial charge >= 0.3 is 0 Å². The fourth-order valence-corrected chi connectivity index (χ4v) is 1.40. The van der Waals surface area contributed by atoms with Gasteiger partial charge in [-0.15, -0.1) is 0 Å². The van der Waals surface area contributed by atoms with E-state index in [0.717, 1.165) is 16.0 Å². The van der Waals surface area contributed by atoms with E-state index in [2.05, 4.69) is 15.9 Å². The molecule has 0 aromatic heterocycles. The highest BCUT2D eigenvalue weighted by Gasteiger charge is 2.06. The Morgan fingerprint density at radius 2 is 2.17 bits per heavy atom. The summed E-state index contributed by atoms with van der Waals surface area (Å²) in [6.07, 6.45) is 0. The quantitative estimate of drug-likeness (QED) is 0.796. The van der Waals surface area contributed by atoms with Crippen molar-refractivity contribution in [3.63, 3.8) is 0 Å². The average Bonchev–Trinajstić information content (AvgIpc) is 2.09. The van der Waals surface area contributed by atoms with Crippen molar-refractivity contribution in [1.29, 1.82) is 0 Å². The van der Waals surface area contributed by atoms with Crippen LogP contribution >= 0.6 is 15.9 Å². The summed E-state index contributed by atoms with van der Waals surface area (Å²) in [5.74, 6) is 1.52. The van der Waals surface area contributed by atoms with Crippen molar-refractivity contribution < 1.29 is 9.47 Å². The Labute approximate surface area is 80.6 Å². The van der Waals surface area contributed by atoms with Crippen molar-refractivity contribution in [1.82, 2.24) is 0 Å². The monoisotopic (exact) mass is 230 g/mol. The van der Waals surface area contributed by atoms with Crippen LogP contribution in [0.3, 0.4) is 0 Å². The number of ether oxygens (including phenoxy) is 2. The van der Waals surface area contributed by atoms with Crippen LogP contribution in [0, 0.1) is 0 Å². The van der Waals surface area contributed by atoms with E-state index in [4.69, 9.17) is 9.47 Å². The molecule has 1 aromatic rings. The van der Waals surface area contributed by atoms with Crippen LogP contribution in [0.2, 0.25) is 0 Å². The lowest BCUT2D eigenvalue weighted by Gasteiger charge is -2.09. The van der Waals surface area contributed by atoms with E-state index in [1.165, 1.54) is 0 Å². The van der Waals surface area contributed by atoms with Crippen LogP contribution in [0.1, 0.15) is 6.92 Å². The molecule has 0 aliphatic carbocycles. The molecule has 0 saturated carbocycles. The molecule has 1 rings (SSSR count). The van der Waals surface area contributed by atoms with Gasteiger partial charge in [0.2, 0.25) is 0 Å². The number of halogens is 1. The van der Waals surface area contributed by atoms with Gasteiger partial charge in [-0.1, -0.05) is 6.07 Å². The zero-order valence-electron chi connectivity index (χ0n) is 7.13. The van der Waals surface area contributed by atoms with Crippen molar-refractivity contribution in [2.24, 2.45) is 0 Å². The molecule has 0 atom stereocenters. The molecule has 0 fully saturated rings. The van der Waals surface area contributed by atoms with Gasteiger partial charge in [-0.2, -0.15) is 0 Å². The molecule has 0 heterocycles. The highest BCUT2D eigenvalue weighted by atomic mass is 79.9. The third kappa shape index (κ3) is 1.91. The van der Waals surface area contributed by atoms with E-state index in [1.807, 2.05) is 25.1 Å². The van der Waals surface area contributed by atoms with Gasteiger partial charge in [0.25, 0.3) is 0 Å². The van der Waals surface area contributed by atoms with Crippen LogP contribution in [0.25, 0.3) is 0 Å². The molecule has 1 aromatic carbocycles.